The zero-order valence-electron chi connectivity index (χ0n) is 20.3. The van der Waals surface area contributed by atoms with Crippen LogP contribution in [-0.2, 0) is 17.8 Å². The molecule has 33 heavy (non-hydrogen) atoms. The van der Waals surface area contributed by atoms with E-state index >= 15 is 0 Å². The van der Waals surface area contributed by atoms with E-state index in [1.807, 2.05) is 13.8 Å². The van der Waals surface area contributed by atoms with Crippen LogP contribution in [0.4, 0.5) is 0 Å². The normalized spacial score (nSPS) is 18.5. The lowest BCUT2D eigenvalue weighted by Crippen LogP contribution is -2.54. The Balaban J connectivity index is 0.00000385. The molecule has 3 N–H and O–H groups in total. The lowest BCUT2D eigenvalue weighted by molar-refractivity contribution is -0.123. The van der Waals surface area contributed by atoms with Gasteiger partial charge in [0.05, 0.1) is 19.2 Å². The third-order valence-corrected chi connectivity index (χ3v) is 5.95. The molecule has 0 bridgehead atoms. The summed E-state index contributed by atoms with van der Waals surface area (Å²) in [6.07, 6.45) is 0.545. The van der Waals surface area contributed by atoms with E-state index in [4.69, 9.17) is 4.99 Å². The number of piperazine rings is 1. The van der Waals surface area contributed by atoms with Crippen LogP contribution in [0.15, 0.2) is 29.3 Å². The van der Waals surface area contributed by atoms with E-state index in [-0.39, 0.29) is 35.9 Å². The molecule has 1 saturated heterocycles. The van der Waals surface area contributed by atoms with Gasteiger partial charge in [0.15, 0.2) is 5.96 Å². The van der Waals surface area contributed by atoms with Crippen LogP contribution in [0, 0.1) is 0 Å². The first-order chi connectivity index (χ1) is 15.4. The molecule has 0 spiro atoms. The fraction of sp³-hybridized carbons (Fsp3) is 0.667. The molecule has 186 valence electrons. The van der Waals surface area contributed by atoms with Crippen molar-refractivity contribution in [2.24, 2.45) is 4.99 Å². The third-order valence-electron chi connectivity index (χ3n) is 5.95. The standard InChI is InChI=1S/C24H40N6O2.HI/c1-4-25-24(30-13-11-28(12-14-30)18-23(32)27-19(2)3)26-15-22(31)17-29-10-9-20-7-5-6-8-21(20)16-29;/h5-8,19,22,31H,4,9-18H2,1-3H3,(H,25,26)(H,27,32);1H. The third kappa shape index (κ3) is 9.03. The predicted octanol–water partition coefficient (Wildman–Crippen LogP) is 1.13. The Labute approximate surface area is 215 Å². The molecule has 1 unspecified atom stereocenters. The van der Waals surface area contributed by atoms with E-state index in [2.05, 4.69) is 56.5 Å². The van der Waals surface area contributed by atoms with Crippen LogP contribution in [-0.4, -0.2) is 103 Å². The van der Waals surface area contributed by atoms with Crippen LogP contribution in [0.3, 0.4) is 0 Å². The Morgan fingerprint density at radius 2 is 1.79 bits per heavy atom. The van der Waals surface area contributed by atoms with Crippen LogP contribution in [0.25, 0.3) is 0 Å². The highest BCUT2D eigenvalue weighted by molar-refractivity contribution is 14.0. The maximum atomic E-state index is 12.0. The highest BCUT2D eigenvalue weighted by Gasteiger charge is 2.22. The maximum absolute atomic E-state index is 12.0. The molecule has 8 nitrogen and oxygen atoms in total. The van der Waals surface area contributed by atoms with E-state index in [1.165, 1.54) is 11.1 Å². The quantitative estimate of drug-likeness (QED) is 0.246. The average molecular weight is 573 g/mol. The van der Waals surface area contributed by atoms with Crippen LogP contribution in [0.5, 0.6) is 0 Å². The molecule has 9 heteroatoms. The summed E-state index contributed by atoms with van der Waals surface area (Å²) < 4.78 is 0. The molecule has 1 fully saturated rings. The number of amides is 1. The molecule has 2 aliphatic rings. The van der Waals surface area contributed by atoms with Gasteiger partial charge in [0, 0.05) is 58.4 Å². The first kappa shape index (κ1) is 27.8. The number of carbonyl (C=O) groups is 1. The molecule has 0 aromatic heterocycles. The molecular formula is C24H41IN6O2. The van der Waals surface area contributed by atoms with Gasteiger partial charge < -0.3 is 20.6 Å². The van der Waals surface area contributed by atoms with Crippen molar-refractivity contribution in [2.45, 2.75) is 45.9 Å². The number of rotatable bonds is 8. The summed E-state index contributed by atoms with van der Waals surface area (Å²) in [5.74, 6) is 0.930. The molecule has 0 saturated carbocycles. The Bertz CT molecular complexity index is 767. The van der Waals surface area contributed by atoms with Crippen LogP contribution < -0.4 is 10.6 Å². The second kappa shape index (κ2) is 14.1. The van der Waals surface area contributed by atoms with Gasteiger partial charge in [-0.1, -0.05) is 24.3 Å². The highest BCUT2D eigenvalue weighted by Crippen LogP contribution is 2.18. The van der Waals surface area contributed by atoms with Crippen molar-refractivity contribution in [1.82, 2.24) is 25.3 Å². The van der Waals surface area contributed by atoms with Gasteiger partial charge >= 0.3 is 0 Å². The van der Waals surface area contributed by atoms with Crippen LogP contribution >= 0.6 is 24.0 Å². The van der Waals surface area contributed by atoms with Crippen LogP contribution in [0.1, 0.15) is 31.9 Å². The van der Waals surface area contributed by atoms with Gasteiger partial charge in [-0.25, -0.2) is 0 Å². The van der Waals surface area contributed by atoms with Gasteiger partial charge in [-0.05, 0) is 38.3 Å². The Morgan fingerprint density at radius 3 is 2.45 bits per heavy atom. The number of carbonyl (C=O) groups excluding carboxylic acids is 1. The van der Waals surface area contributed by atoms with Crippen molar-refractivity contribution in [1.29, 1.82) is 0 Å². The second-order valence-corrected chi connectivity index (χ2v) is 9.09. The summed E-state index contributed by atoms with van der Waals surface area (Å²) in [7, 11) is 0. The van der Waals surface area contributed by atoms with Gasteiger partial charge in [0.2, 0.25) is 5.91 Å². The molecule has 1 amide bonds. The monoisotopic (exact) mass is 572 g/mol. The van der Waals surface area contributed by atoms with E-state index in [0.29, 0.717) is 19.6 Å². The number of aliphatic imine (C=N–C) groups is 1. The predicted molar refractivity (Wildman–Crippen MR) is 144 cm³/mol. The molecule has 1 aromatic rings. The molecule has 1 atom stereocenters. The number of β-amino-alcohol motifs (C(OH)–C–C–N with tert-alkyl or cyclic N) is 1. The molecular weight excluding hydrogens is 531 g/mol. The zero-order valence-corrected chi connectivity index (χ0v) is 22.6. The largest absolute Gasteiger partial charge is 0.390 e. The number of benzene rings is 1. The summed E-state index contributed by atoms with van der Waals surface area (Å²) in [6, 6.07) is 8.74. The summed E-state index contributed by atoms with van der Waals surface area (Å²) in [5.41, 5.74) is 2.79. The van der Waals surface area contributed by atoms with Gasteiger partial charge in [-0.15, -0.1) is 24.0 Å². The Hall–Kier alpha value is -1.43. The lowest BCUT2D eigenvalue weighted by atomic mass is 10.00. The van der Waals surface area contributed by atoms with Crippen molar-refractivity contribution in [2.75, 3.05) is 58.9 Å². The number of hydrogen-bond donors (Lipinski definition) is 3. The minimum absolute atomic E-state index is 0. The summed E-state index contributed by atoms with van der Waals surface area (Å²) in [5, 5.41) is 16.9. The topological polar surface area (TPSA) is 83.4 Å². The zero-order chi connectivity index (χ0) is 22.9. The average Bonchev–Trinajstić information content (AvgIpc) is 2.76. The van der Waals surface area contributed by atoms with Crippen molar-refractivity contribution in [3.05, 3.63) is 35.4 Å². The molecule has 1 aromatic carbocycles. The fourth-order valence-electron chi connectivity index (χ4n) is 4.37. The number of halogens is 1. The fourth-order valence-corrected chi connectivity index (χ4v) is 4.37. The summed E-state index contributed by atoms with van der Waals surface area (Å²) in [6.45, 7) is 13.4. The number of guanidine groups is 1. The Kier molecular flexibility index (Phi) is 11.9. The van der Waals surface area contributed by atoms with Gasteiger partial charge in [-0.2, -0.15) is 0 Å². The smallest absolute Gasteiger partial charge is 0.234 e. The lowest BCUT2D eigenvalue weighted by Gasteiger charge is -2.36. The number of aliphatic hydroxyl groups excluding tert-OH is 1. The molecule has 2 heterocycles. The summed E-state index contributed by atoms with van der Waals surface area (Å²) in [4.78, 5) is 23.5. The number of fused-ring (bicyclic) bond motifs is 1. The van der Waals surface area contributed by atoms with E-state index < -0.39 is 6.10 Å². The maximum Gasteiger partial charge on any atom is 0.234 e. The molecule has 2 aliphatic heterocycles. The van der Waals surface area contributed by atoms with Crippen LogP contribution in [0.2, 0.25) is 0 Å². The van der Waals surface area contributed by atoms with Gasteiger partial charge in [-0.3, -0.25) is 19.6 Å². The number of nitrogens with zero attached hydrogens (tertiary/aromatic N) is 4. The van der Waals surface area contributed by atoms with Crippen molar-refractivity contribution in [3.63, 3.8) is 0 Å². The second-order valence-electron chi connectivity index (χ2n) is 9.09. The minimum Gasteiger partial charge on any atom is -0.390 e. The number of nitrogens with one attached hydrogen (secondary N) is 2. The van der Waals surface area contributed by atoms with Crippen molar-refractivity contribution < 1.29 is 9.90 Å². The van der Waals surface area contributed by atoms with Gasteiger partial charge in [0.25, 0.3) is 0 Å². The van der Waals surface area contributed by atoms with Gasteiger partial charge in [0.1, 0.15) is 0 Å². The SMILES string of the molecule is CCNC(=NCC(O)CN1CCc2ccccc2C1)N1CCN(CC(=O)NC(C)C)CC1.I. The first-order valence-electron chi connectivity index (χ1n) is 12.0. The molecule has 0 radical (unpaired) electrons. The molecule has 0 aliphatic carbocycles. The Morgan fingerprint density at radius 1 is 1.09 bits per heavy atom. The number of hydrogen-bond acceptors (Lipinski definition) is 5. The van der Waals surface area contributed by atoms with Crippen molar-refractivity contribution in [3.8, 4) is 0 Å². The number of aliphatic hydroxyl groups is 1. The van der Waals surface area contributed by atoms with E-state index in [9.17, 15) is 9.90 Å². The molecule has 3 rings (SSSR count). The first-order valence-corrected chi connectivity index (χ1v) is 12.0. The minimum atomic E-state index is -0.491. The van der Waals surface area contributed by atoms with E-state index in [1.54, 1.807) is 0 Å². The van der Waals surface area contributed by atoms with Crippen molar-refractivity contribution >= 4 is 35.8 Å². The summed E-state index contributed by atoms with van der Waals surface area (Å²) >= 11 is 0. The van der Waals surface area contributed by atoms with E-state index in [0.717, 1.165) is 58.2 Å². The highest BCUT2D eigenvalue weighted by atomic mass is 127.